The van der Waals surface area contributed by atoms with E-state index in [4.69, 9.17) is 4.42 Å². The summed E-state index contributed by atoms with van der Waals surface area (Å²) in [6, 6.07) is 80.8. The summed E-state index contributed by atoms with van der Waals surface area (Å²) in [5.41, 5.74) is 14.5. The number of anilines is 3. The third kappa shape index (κ3) is 5.91. The van der Waals surface area contributed by atoms with Crippen molar-refractivity contribution in [3.63, 3.8) is 0 Å². The van der Waals surface area contributed by atoms with Crippen LogP contribution in [-0.2, 0) is 0 Å². The molecule has 0 unspecified atom stereocenters. The summed E-state index contributed by atoms with van der Waals surface area (Å²) < 4.78 is 6.24. The second-order valence-electron chi connectivity index (χ2n) is 14.9. The van der Waals surface area contributed by atoms with E-state index in [1.54, 1.807) is 0 Å². The molecule has 1 heterocycles. The molecule has 0 saturated heterocycles. The van der Waals surface area contributed by atoms with Crippen molar-refractivity contribution in [2.45, 2.75) is 0 Å². The molecule has 2 nitrogen and oxygen atoms in total. The average molecular weight is 740 g/mol. The molecule has 0 spiro atoms. The quantitative estimate of drug-likeness (QED) is 0.162. The molecule has 10 aromatic carbocycles. The largest absolute Gasteiger partial charge is 0.456 e. The Morgan fingerprint density at radius 2 is 0.776 bits per heavy atom. The molecular weight excluding hydrogens is 703 g/mol. The van der Waals surface area contributed by atoms with Crippen LogP contribution in [0, 0.1) is 0 Å². The predicted octanol–water partition coefficient (Wildman–Crippen LogP) is 16.0. The molecule has 11 rings (SSSR count). The fraction of sp³-hybridized carbons (Fsp3) is 0. The summed E-state index contributed by atoms with van der Waals surface area (Å²) in [6.07, 6.45) is 0. The number of rotatable bonds is 7. The summed E-state index contributed by atoms with van der Waals surface area (Å²) >= 11 is 0. The van der Waals surface area contributed by atoms with Gasteiger partial charge in [0.2, 0.25) is 0 Å². The highest BCUT2D eigenvalue weighted by atomic mass is 16.3. The van der Waals surface area contributed by atoms with Gasteiger partial charge < -0.3 is 9.32 Å². The molecule has 58 heavy (non-hydrogen) atoms. The van der Waals surface area contributed by atoms with Gasteiger partial charge in [-0.1, -0.05) is 176 Å². The zero-order valence-electron chi connectivity index (χ0n) is 31.7. The van der Waals surface area contributed by atoms with E-state index in [9.17, 15) is 0 Å². The number of fused-ring (bicyclic) bond motifs is 5. The molecule has 0 N–H and O–H groups in total. The molecule has 0 aliphatic heterocycles. The Balaban J connectivity index is 1.04. The molecule has 0 fully saturated rings. The second kappa shape index (κ2) is 14.1. The van der Waals surface area contributed by atoms with Gasteiger partial charge >= 0.3 is 0 Å². The summed E-state index contributed by atoms with van der Waals surface area (Å²) in [4.78, 5) is 2.42. The van der Waals surface area contributed by atoms with Crippen LogP contribution in [-0.4, -0.2) is 0 Å². The van der Waals surface area contributed by atoms with Gasteiger partial charge in [-0.05, 0) is 103 Å². The molecule has 0 atom stereocenters. The number of para-hydroxylation sites is 3. The number of furan rings is 1. The highest BCUT2D eigenvalue weighted by Gasteiger charge is 2.21. The van der Waals surface area contributed by atoms with E-state index in [1.165, 1.54) is 49.4 Å². The van der Waals surface area contributed by atoms with Crippen LogP contribution in [0.3, 0.4) is 0 Å². The van der Waals surface area contributed by atoms with Gasteiger partial charge in [0.05, 0.1) is 11.4 Å². The van der Waals surface area contributed by atoms with Crippen LogP contribution >= 0.6 is 0 Å². The Hall–Kier alpha value is -7.68. The monoisotopic (exact) mass is 739 g/mol. The van der Waals surface area contributed by atoms with Crippen molar-refractivity contribution in [3.8, 4) is 44.5 Å². The molecule has 0 aliphatic rings. The molecule has 0 saturated carbocycles. The Morgan fingerprint density at radius 1 is 0.276 bits per heavy atom. The fourth-order valence-corrected chi connectivity index (χ4v) is 8.61. The first-order chi connectivity index (χ1) is 28.7. The first-order valence-corrected chi connectivity index (χ1v) is 19.8. The van der Waals surface area contributed by atoms with Gasteiger partial charge in [-0.15, -0.1) is 0 Å². The van der Waals surface area contributed by atoms with Gasteiger partial charge in [0.1, 0.15) is 11.2 Å². The average Bonchev–Trinajstić information content (AvgIpc) is 3.67. The molecule has 0 amide bonds. The first-order valence-electron chi connectivity index (χ1n) is 19.8. The minimum absolute atomic E-state index is 0.890. The molecule has 0 radical (unpaired) electrons. The van der Waals surface area contributed by atoms with Crippen LogP contribution in [0.1, 0.15) is 0 Å². The van der Waals surface area contributed by atoms with Gasteiger partial charge in [0.25, 0.3) is 0 Å². The SMILES string of the molecule is c1ccc(N(c2ccc(-c3ccc(-c4cccc5ccccc45)cc3)cc2)c2ccccc2-c2ccc3oc4ccccc4c3c2)c(-c2ccc3ccccc3c2)c1. The smallest absolute Gasteiger partial charge is 0.135 e. The molecule has 11 aromatic rings. The number of nitrogens with zero attached hydrogens (tertiary/aromatic N) is 1. The van der Waals surface area contributed by atoms with Gasteiger partial charge in [-0.25, -0.2) is 0 Å². The molecular formula is C56H37NO. The Bertz CT molecular complexity index is 3280. The third-order valence-corrected chi connectivity index (χ3v) is 11.5. The molecule has 2 heteroatoms. The molecule has 1 aromatic heterocycles. The Labute approximate surface area is 337 Å². The van der Waals surface area contributed by atoms with Crippen LogP contribution in [0.4, 0.5) is 17.1 Å². The minimum Gasteiger partial charge on any atom is -0.456 e. The van der Waals surface area contributed by atoms with Crippen molar-refractivity contribution in [1.29, 1.82) is 0 Å². The van der Waals surface area contributed by atoms with E-state index >= 15 is 0 Å². The number of benzene rings is 10. The van der Waals surface area contributed by atoms with Crippen molar-refractivity contribution in [2.24, 2.45) is 0 Å². The van der Waals surface area contributed by atoms with E-state index < -0.39 is 0 Å². The highest BCUT2D eigenvalue weighted by Crippen LogP contribution is 2.46. The van der Waals surface area contributed by atoms with Gasteiger partial charge in [0, 0.05) is 27.6 Å². The maximum atomic E-state index is 6.24. The van der Waals surface area contributed by atoms with Crippen LogP contribution < -0.4 is 4.90 Å². The van der Waals surface area contributed by atoms with E-state index in [1.807, 2.05) is 12.1 Å². The molecule has 0 aliphatic carbocycles. The van der Waals surface area contributed by atoms with E-state index in [0.717, 1.165) is 55.7 Å². The Kier molecular flexibility index (Phi) is 8.19. The lowest BCUT2D eigenvalue weighted by atomic mass is 9.95. The summed E-state index contributed by atoms with van der Waals surface area (Å²) in [7, 11) is 0. The predicted molar refractivity (Wildman–Crippen MR) is 245 cm³/mol. The molecule has 272 valence electrons. The van der Waals surface area contributed by atoms with Crippen LogP contribution in [0.2, 0.25) is 0 Å². The second-order valence-corrected chi connectivity index (χ2v) is 14.9. The van der Waals surface area contributed by atoms with Gasteiger partial charge in [-0.2, -0.15) is 0 Å². The summed E-state index contributed by atoms with van der Waals surface area (Å²) in [5.74, 6) is 0. The van der Waals surface area contributed by atoms with Crippen molar-refractivity contribution in [2.75, 3.05) is 4.90 Å². The lowest BCUT2D eigenvalue weighted by molar-refractivity contribution is 0.669. The Morgan fingerprint density at radius 3 is 1.53 bits per heavy atom. The summed E-state index contributed by atoms with van der Waals surface area (Å²) in [6.45, 7) is 0. The first kappa shape index (κ1) is 33.6. The van der Waals surface area contributed by atoms with Crippen molar-refractivity contribution >= 4 is 60.5 Å². The molecule has 0 bridgehead atoms. The van der Waals surface area contributed by atoms with E-state index in [0.29, 0.717) is 0 Å². The maximum Gasteiger partial charge on any atom is 0.135 e. The summed E-state index contributed by atoms with van der Waals surface area (Å²) in [5, 5.41) is 7.21. The normalized spacial score (nSPS) is 11.4. The van der Waals surface area contributed by atoms with E-state index in [-0.39, 0.29) is 0 Å². The lowest BCUT2D eigenvalue weighted by Gasteiger charge is -2.30. The number of hydrogen-bond acceptors (Lipinski definition) is 2. The van der Waals surface area contributed by atoms with Crippen molar-refractivity contribution in [1.82, 2.24) is 0 Å². The minimum atomic E-state index is 0.890. The lowest BCUT2D eigenvalue weighted by Crippen LogP contribution is -2.12. The van der Waals surface area contributed by atoms with Crippen LogP contribution in [0.15, 0.2) is 229 Å². The zero-order chi connectivity index (χ0) is 38.4. The fourth-order valence-electron chi connectivity index (χ4n) is 8.61. The van der Waals surface area contributed by atoms with Crippen molar-refractivity contribution < 1.29 is 4.42 Å². The standard InChI is InChI=1S/C56H37NO/c1-2-14-43-36-44(29-26-38(43)12-1)49-17-5-8-21-53(49)57(54-22-9-6-18-50(54)45-32-35-56-52(37-45)51-19-7-10-23-55(51)58-56)46-33-30-40(31-34-46)39-24-27-42(28-25-39)48-20-11-15-41-13-3-4-16-47(41)48/h1-37H. The van der Waals surface area contributed by atoms with Crippen LogP contribution in [0.5, 0.6) is 0 Å². The maximum absolute atomic E-state index is 6.24. The van der Waals surface area contributed by atoms with Crippen molar-refractivity contribution in [3.05, 3.63) is 224 Å². The highest BCUT2D eigenvalue weighted by molar-refractivity contribution is 6.07. The van der Waals surface area contributed by atoms with Gasteiger partial charge in [0.15, 0.2) is 0 Å². The third-order valence-electron chi connectivity index (χ3n) is 11.5. The van der Waals surface area contributed by atoms with Crippen LogP contribution in [0.25, 0.3) is 88.0 Å². The number of hydrogen-bond donors (Lipinski definition) is 0. The van der Waals surface area contributed by atoms with Gasteiger partial charge in [-0.3, -0.25) is 0 Å². The van der Waals surface area contributed by atoms with E-state index in [2.05, 4.69) is 217 Å². The zero-order valence-corrected chi connectivity index (χ0v) is 31.7. The topological polar surface area (TPSA) is 16.4 Å².